The number of carbonyl (C=O) groups excluding carboxylic acids is 1. The molecule has 2 aliphatic heterocycles. The number of nitrogens with zero attached hydrogens (tertiary/aromatic N) is 2. The fraction of sp³-hybridized carbons (Fsp3) is 0.929. The average Bonchev–Trinajstić information content (AvgIpc) is 2.76. The molecule has 0 bridgehead atoms. The molecule has 0 saturated carbocycles. The van der Waals surface area contributed by atoms with Crippen LogP contribution in [-0.2, 0) is 9.53 Å². The Morgan fingerprint density at radius 2 is 2.21 bits per heavy atom. The molecule has 2 unspecified atom stereocenters. The van der Waals surface area contributed by atoms with E-state index in [1.165, 1.54) is 12.8 Å². The van der Waals surface area contributed by atoms with E-state index in [1.54, 1.807) is 7.11 Å². The maximum atomic E-state index is 12.1. The molecule has 0 aliphatic carbocycles. The zero-order valence-electron chi connectivity index (χ0n) is 12.2. The third-order valence-electron chi connectivity index (χ3n) is 4.31. The summed E-state index contributed by atoms with van der Waals surface area (Å²) in [7, 11) is 3.64. The van der Waals surface area contributed by atoms with Crippen molar-refractivity contribution in [3.63, 3.8) is 0 Å². The monoisotopic (exact) mass is 269 g/mol. The molecule has 2 atom stereocenters. The molecule has 5 nitrogen and oxygen atoms in total. The van der Waals surface area contributed by atoms with Gasteiger partial charge in [0.25, 0.3) is 0 Å². The van der Waals surface area contributed by atoms with Gasteiger partial charge in [0.1, 0.15) is 0 Å². The van der Waals surface area contributed by atoms with E-state index in [0.717, 1.165) is 45.8 Å². The number of hydrogen-bond acceptors (Lipinski definition) is 4. The zero-order valence-corrected chi connectivity index (χ0v) is 12.2. The van der Waals surface area contributed by atoms with Gasteiger partial charge in [-0.25, -0.2) is 0 Å². The fourth-order valence-electron chi connectivity index (χ4n) is 3.17. The second kappa shape index (κ2) is 7.22. The van der Waals surface area contributed by atoms with E-state index in [0.29, 0.717) is 11.8 Å². The van der Waals surface area contributed by atoms with Crippen molar-refractivity contribution in [3.8, 4) is 0 Å². The number of ether oxygens (including phenoxy) is 1. The topological polar surface area (TPSA) is 44.8 Å². The molecule has 2 rings (SSSR count). The summed E-state index contributed by atoms with van der Waals surface area (Å²) in [5, 5.41) is 3.44. The first kappa shape index (κ1) is 14.8. The van der Waals surface area contributed by atoms with Gasteiger partial charge in [-0.15, -0.1) is 0 Å². The number of hydrogen-bond donors (Lipinski definition) is 1. The van der Waals surface area contributed by atoms with E-state index in [-0.39, 0.29) is 6.04 Å². The van der Waals surface area contributed by atoms with Crippen molar-refractivity contribution in [2.75, 3.05) is 53.5 Å². The quantitative estimate of drug-likeness (QED) is 0.698. The van der Waals surface area contributed by atoms with Crippen LogP contribution in [0.1, 0.15) is 19.3 Å². The molecule has 5 heteroatoms. The van der Waals surface area contributed by atoms with Crippen molar-refractivity contribution in [2.45, 2.75) is 25.3 Å². The number of methoxy groups -OCH3 is 1. The molecular formula is C14H27N3O2. The van der Waals surface area contributed by atoms with Gasteiger partial charge in [0.2, 0.25) is 5.91 Å². The first-order valence-corrected chi connectivity index (χ1v) is 7.41. The number of likely N-dealkylation sites (tertiary alicyclic amines) is 2. The molecule has 110 valence electrons. The van der Waals surface area contributed by atoms with Gasteiger partial charge in [-0.2, -0.15) is 0 Å². The van der Waals surface area contributed by atoms with Crippen LogP contribution in [0.25, 0.3) is 0 Å². The summed E-state index contributed by atoms with van der Waals surface area (Å²) >= 11 is 0. The molecule has 2 aliphatic rings. The van der Waals surface area contributed by atoms with Crippen molar-refractivity contribution >= 4 is 5.91 Å². The van der Waals surface area contributed by atoms with Crippen LogP contribution in [0, 0.1) is 5.92 Å². The van der Waals surface area contributed by atoms with Gasteiger partial charge in [0, 0.05) is 33.8 Å². The smallest absolute Gasteiger partial charge is 0.239 e. The lowest BCUT2D eigenvalue weighted by Crippen LogP contribution is -2.48. The summed E-state index contributed by atoms with van der Waals surface area (Å²) in [6.07, 6.45) is 3.48. The third kappa shape index (κ3) is 3.91. The SMILES string of the molecule is COCCNCC1CCCN(C2CCN(C)C2=O)C1. The van der Waals surface area contributed by atoms with Gasteiger partial charge in [-0.05, 0) is 38.3 Å². The Balaban J connectivity index is 1.75. The number of rotatable bonds is 6. The van der Waals surface area contributed by atoms with Crippen LogP contribution < -0.4 is 5.32 Å². The number of amides is 1. The van der Waals surface area contributed by atoms with Crippen LogP contribution in [0.2, 0.25) is 0 Å². The molecule has 0 aromatic rings. The minimum absolute atomic E-state index is 0.145. The van der Waals surface area contributed by atoms with Crippen molar-refractivity contribution < 1.29 is 9.53 Å². The van der Waals surface area contributed by atoms with Crippen LogP contribution in [0.3, 0.4) is 0 Å². The predicted molar refractivity (Wildman–Crippen MR) is 75.1 cm³/mol. The lowest BCUT2D eigenvalue weighted by molar-refractivity contribution is -0.131. The summed E-state index contributed by atoms with van der Waals surface area (Å²) in [4.78, 5) is 16.3. The highest BCUT2D eigenvalue weighted by Gasteiger charge is 2.35. The molecule has 2 fully saturated rings. The molecule has 1 N–H and O–H groups in total. The first-order chi connectivity index (χ1) is 9.22. The van der Waals surface area contributed by atoms with Crippen LogP contribution in [0.5, 0.6) is 0 Å². The molecule has 1 amide bonds. The van der Waals surface area contributed by atoms with Crippen molar-refractivity contribution in [3.05, 3.63) is 0 Å². The van der Waals surface area contributed by atoms with Crippen molar-refractivity contribution in [1.29, 1.82) is 0 Å². The van der Waals surface area contributed by atoms with E-state index in [1.807, 2.05) is 11.9 Å². The summed E-state index contributed by atoms with van der Waals surface area (Å²) < 4.78 is 5.04. The molecule has 2 heterocycles. The van der Waals surface area contributed by atoms with E-state index in [2.05, 4.69) is 10.2 Å². The first-order valence-electron chi connectivity index (χ1n) is 7.41. The lowest BCUT2D eigenvalue weighted by atomic mass is 9.96. The summed E-state index contributed by atoms with van der Waals surface area (Å²) in [6, 6.07) is 0.145. The van der Waals surface area contributed by atoms with Crippen LogP contribution in [-0.4, -0.2) is 75.2 Å². The van der Waals surface area contributed by atoms with Gasteiger partial charge in [0.15, 0.2) is 0 Å². The fourth-order valence-corrected chi connectivity index (χ4v) is 3.17. The van der Waals surface area contributed by atoms with Crippen molar-refractivity contribution in [2.24, 2.45) is 5.92 Å². The minimum Gasteiger partial charge on any atom is -0.383 e. The normalized spacial score (nSPS) is 29.2. The Hall–Kier alpha value is -0.650. The number of piperidine rings is 1. The molecule has 0 aromatic heterocycles. The zero-order chi connectivity index (χ0) is 13.7. The number of nitrogens with one attached hydrogen (secondary N) is 1. The standard InChI is InChI=1S/C14H27N3O2/c1-16-8-5-13(14(16)18)17-7-3-4-12(11-17)10-15-6-9-19-2/h12-13,15H,3-11H2,1-2H3. The van der Waals surface area contributed by atoms with E-state index in [4.69, 9.17) is 4.74 Å². The molecule has 19 heavy (non-hydrogen) atoms. The Labute approximate surface area is 116 Å². The second-order valence-corrected chi connectivity index (χ2v) is 5.76. The highest BCUT2D eigenvalue weighted by Crippen LogP contribution is 2.23. The second-order valence-electron chi connectivity index (χ2n) is 5.76. The van der Waals surface area contributed by atoms with E-state index >= 15 is 0 Å². The average molecular weight is 269 g/mol. The summed E-state index contributed by atoms with van der Waals surface area (Å²) in [6.45, 7) is 5.77. The van der Waals surface area contributed by atoms with Gasteiger partial charge < -0.3 is 15.0 Å². The molecule has 0 radical (unpaired) electrons. The Bertz CT molecular complexity index is 298. The van der Waals surface area contributed by atoms with Crippen LogP contribution in [0.4, 0.5) is 0 Å². The molecular weight excluding hydrogens is 242 g/mol. The summed E-state index contributed by atoms with van der Waals surface area (Å²) in [5.41, 5.74) is 0. The maximum absolute atomic E-state index is 12.1. The van der Waals surface area contributed by atoms with Crippen molar-refractivity contribution in [1.82, 2.24) is 15.1 Å². The molecule has 0 aromatic carbocycles. The Morgan fingerprint density at radius 1 is 1.37 bits per heavy atom. The molecule has 2 saturated heterocycles. The third-order valence-corrected chi connectivity index (χ3v) is 4.31. The largest absolute Gasteiger partial charge is 0.383 e. The van der Waals surface area contributed by atoms with E-state index in [9.17, 15) is 4.79 Å². The van der Waals surface area contributed by atoms with Gasteiger partial charge in [0.05, 0.1) is 12.6 Å². The highest BCUT2D eigenvalue weighted by molar-refractivity contribution is 5.83. The summed E-state index contributed by atoms with van der Waals surface area (Å²) in [5.74, 6) is 0.984. The van der Waals surface area contributed by atoms with Gasteiger partial charge in [-0.3, -0.25) is 9.69 Å². The maximum Gasteiger partial charge on any atom is 0.239 e. The lowest BCUT2D eigenvalue weighted by Gasteiger charge is -2.35. The van der Waals surface area contributed by atoms with Gasteiger partial charge in [-0.1, -0.05) is 0 Å². The van der Waals surface area contributed by atoms with Crippen LogP contribution in [0.15, 0.2) is 0 Å². The Kier molecular flexibility index (Phi) is 5.60. The number of likely N-dealkylation sites (N-methyl/N-ethyl adjacent to an activating group) is 1. The van der Waals surface area contributed by atoms with Crippen LogP contribution >= 0.6 is 0 Å². The predicted octanol–water partition coefficient (Wildman–Crippen LogP) is 0.165. The van der Waals surface area contributed by atoms with Gasteiger partial charge >= 0.3 is 0 Å². The molecule has 0 spiro atoms. The van der Waals surface area contributed by atoms with E-state index < -0.39 is 0 Å². The minimum atomic E-state index is 0.145. The highest BCUT2D eigenvalue weighted by atomic mass is 16.5. The Morgan fingerprint density at radius 3 is 2.89 bits per heavy atom. The number of carbonyl (C=O) groups is 1.